The van der Waals surface area contributed by atoms with Gasteiger partial charge in [0, 0.05) is 22.8 Å². The number of fused-ring (bicyclic) bond motifs is 1. The Hall–Kier alpha value is -2.86. The van der Waals surface area contributed by atoms with Gasteiger partial charge in [-0.25, -0.2) is 9.69 Å². The van der Waals surface area contributed by atoms with Gasteiger partial charge in [-0.1, -0.05) is 48.0 Å². The topological polar surface area (TPSA) is 69.7 Å². The number of carbonyl (C=O) groups excluding carboxylic acids is 3. The van der Waals surface area contributed by atoms with E-state index in [4.69, 9.17) is 11.6 Å². The smallest absolute Gasteiger partial charge is 0.319 e. The standard InChI is InChI=1S/C21H20ClN3O3/c1-13(18(26)24-12-11-14-7-3-6-10-17(14)24)25-19(27)21(2,23-20(25)28)15-8-4-5-9-16(15)22/h3-10,13H,11-12H2,1-2H3,(H,23,28)/t13?,21-/m0/s1. The molecular weight excluding hydrogens is 378 g/mol. The molecule has 144 valence electrons. The molecule has 4 rings (SSSR count). The second-order valence-electron chi connectivity index (χ2n) is 7.25. The van der Waals surface area contributed by atoms with Crippen LogP contribution in [0.3, 0.4) is 0 Å². The maximum atomic E-state index is 13.2. The zero-order valence-corrected chi connectivity index (χ0v) is 16.4. The largest absolute Gasteiger partial charge is 0.326 e. The van der Waals surface area contributed by atoms with Gasteiger partial charge in [0.1, 0.15) is 11.6 Å². The molecule has 2 aliphatic rings. The third-order valence-corrected chi connectivity index (χ3v) is 5.86. The molecule has 0 bridgehead atoms. The normalized spacial score (nSPS) is 22.2. The minimum Gasteiger partial charge on any atom is -0.319 e. The number of hydrogen-bond donors (Lipinski definition) is 1. The summed E-state index contributed by atoms with van der Waals surface area (Å²) >= 11 is 6.26. The van der Waals surface area contributed by atoms with Crippen molar-refractivity contribution in [2.45, 2.75) is 31.8 Å². The van der Waals surface area contributed by atoms with Crippen molar-refractivity contribution in [1.82, 2.24) is 10.2 Å². The Morgan fingerprint density at radius 3 is 2.57 bits per heavy atom. The number of nitrogens with zero attached hydrogens (tertiary/aromatic N) is 2. The third-order valence-electron chi connectivity index (χ3n) is 5.53. The lowest BCUT2D eigenvalue weighted by Crippen LogP contribution is -2.50. The van der Waals surface area contributed by atoms with Crippen molar-refractivity contribution in [2.75, 3.05) is 11.4 Å². The van der Waals surface area contributed by atoms with E-state index in [0.717, 1.165) is 22.6 Å². The molecule has 28 heavy (non-hydrogen) atoms. The maximum Gasteiger partial charge on any atom is 0.326 e. The molecule has 1 N–H and O–H groups in total. The molecule has 0 radical (unpaired) electrons. The van der Waals surface area contributed by atoms with E-state index in [-0.39, 0.29) is 5.91 Å². The van der Waals surface area contributed by atoms with Crippen molar-refractivity contribution in [3.63, 3.8) is 0 Å². The number of benzene rings is 2. The lowest BCUT2D eigenvalue weighted by atomic mass is 9.91. The van der Waals surface area contributed by atoms with Gasteiger partial charge in [-0.3, -0.25) is 9.59 Å². The zero-order chi connectivity index (χ0) is 20.1. The van der Waals surface area contributed by atoms with E-state index in [1.807, 2.05) is 24.3 Å². The molecule has 4 amide bonds. The van der Waals surface area contributed by atoms with Crippen molar-refractivity contribution in [2.24, 2.45) is 0 Å². The maximum absolute atomic E-state index is 13.2. The van der Waals surface area contributed by atoms with Gasteiger partial charge in [0.15, 0.2) is 0 Å². The number of urea groups is 1. The molecule has 0 aromatic heterocycles. The fraction of sp³-hybridized carbons (Fsp3) is 0.286. The van der Waals surface area contributed by atoms with Crippen molar-refractivity contribution < 1.29 is 14.4 Å². The summed E-state index contributed by atoms with van der Waals surface area (Å²) in [5, 5.41) is 3.10. The molecule has 1 saturated heterocycles. The Morgan fingerprint density at radius 2 is 1.82 bits per heavy atom. The summed E-state index contributed by atoms with van der Waals surface area (Å²) in [5.74, 6) is -0.768. The van der Waals surface area contributed by atoms with E-state index in [0.29, 0.717) is 17.1 Å². The van der Waals surface area contributed by atoms with Crippen LogP contribution < -0.4 is 10.2 Å². The summed E-state index contributed by atoms with van der Waals surface area (Å²) in [6.07, 6.45) is 0.756. The van der Waals surface area contributed by atoms with Crippen molar-refractivity contribution in [3.05, 3.63) is 64.7 Å². The number of imide groups is 1. The minimum absolute atomic E-state index is 0.281. The fourth-order valence-electron chi connectivity index (χ4n) is 3.96. The number of nitrogens with one attached hydrogen (secondary N) is 1. The van der Waals surface area contributed by atoms with Crippen LogP contribution in [0.25, 0.3) is 0 Å². The number of anilines is 1. The summed E-state index contributed by atoms with van der Waals surface area (Å²) in [4.78, 5) is 41.7. The van der Waals surface area contributed by atoms with Gasteiger partial charge in [0.05, 0.1) is 0 Å². The van der Waals surface area contributed by atoms with E-state index < -0.39 is 23.5 Å². The highest BCUT2D eigenvalue weighted by Gasteiger charge is 2.53. The molecule has 1 fully saturated rings. The van der Waals surface area contributed by atoms with Gasteiger partial charge >= 0.3 is 6.03 Å². The van der Waals surface area contributed by atoms with E-state index in [1.165, 1.54) is 0 Å². The molecule has 6 nitrogen and oxygen atoms in total. The highest BCUT2D eigenvalue weighted by Crippen LogP contribution is 2.35. The van der Waals surface area contributed by atoms with Gasteiger partial charge in [-0.15, -0.1) is 0 Å². The first kappa shape index (κ1) is 18.5. The Bertz CT molecular complexity index is 992. The first-order chi connectivity index (χ1) is 13.3. The van der Waals surface area contributed by atoms with Gasteiger partial charge in [0.25, 0.3) is 5.91 Å². The summed E-state index contributed by atoms with van der Waals surface area (Å²) in [6, 6.07) is 13.0. The highest BCUT2D eigenvalue weighted by molar-refractivity contribution is 6.32. The van der Waals surface area contributed by atoms with Crippen molar-refractivity contribution in [3.8, 4) is 0 Å². The number of halogens is 1. The van der Waals surface area contributed by atoms with Crippen molar-refractivity contribution in [1.29, 1.82) is 0 Å². The Kier molecular flexibility index (Phi) is 4.38. The predicted octanol–water partition coefficient (Wildman–Crippen LogP) is 3.08. The Labute approximate surface area is 168 Å². The minimum atomic E-state index is -1.31. The highest BCUT2D eigenvalue weighted by atomic mass is 35.5. The summed E-state index contributed by atoms with van der Waals surface area (Å²) < 4.78 is 0. The van der Waals surface area contributed by atoms with Crippen LogP contribution in [0.5, 0.6) is 0 Å². The van der Waals surface area contributed by atoms with Crippen molar-refractivity contribution >= 4 is 35.1 Å². The number of amides is 4. The van der Waals surface area contributed by atoms with Gasteiger partial charge in [-0.2, -0.15) is 0 Å². The molecular formula is C21H20ClN3O3. The average Bonchev–Trinajstić information content (AvgIpc) is 3.20. The second-order valence-corrected chi connectivity index (χ2v) is 7.66. The summed E-state index contributed by atoms with van der Waals surface area (Å²) in [6.45, 7) is 3.73. The number of rotatable bonds is 3. The fourth-order valence-corrected chi connectivity index (χ4v) is 4.29. The quantitative estimate of drug-likeness (QED) is 0.809. The van der Waals surface area contributed by atoms with E-state index in [1.54, 1.807) is 43.0 Å². The van der Waals surface area contributed by atoms with Crippen LogP contribution in [-0.2, 0) is 21.5 Å². The SMILES string of the molecule is CC(C(=O)N1CCc2ccccc21)N1C(=O)N[C@@](C)(c2ccccc2Cl)C1=O. The van der Waals surface area contributed by atoms with Crippen LogP contribution in [-0.4, -0.2) is 35.3 Å². The molecule has 0 spiro atoms. The molecule has 2 aromatic carbocycles. The van der Waals surface area contributed by atoms with E-state index in [9.17, 15) is 14.4 Å². The second kappa shape index (κ2) is 6.63. The van der Waals surface area contributed by atoms with Crippen LogP contribution in [0.15, 0.2) is 48.5 Å². The van der Waals surface area contributed by atoms with Crippen LogP contribution in [0.1, 0.15) is 25.0 Å². The number of para-hydroxylation sites is 1. The molecule has 0 saturated carbocycles. The van der Waals surface area contributed by atoms with Gasteiger partial charge in [-0.05, 0) is 38.0 Å². The molecule has 2 aliphatic heterocycles. The summed E-state index contributed by atoms with van der Waals surface area (Å²) in [5.41, 5.74) is 1.11. The average molecular weight is 398 g/mol. The van der Waals surface area contributed by atoms with E-state index >= 15 is 0 Å². The Balaban J connectivity index is 1.63. The first-order valence-corrected chi connectivity index (χ1v) is 9.52. The molecule has 2 heterocycles. The lowest BCUT2D eigenvalue weighted by Gasteiger charge is -2.28. The van der Waals surface area contributed by atoms with Crippen LogP contribution in [0.4, 0.5) is 10.5 Å². The molecule has 2 atom stereocenters. The van der Waals surface area contributed by atoms with Gasteiger partial charge < -0.3 is 10.2 Å². The predicted molar refractivity (Wildman–Crippen MR) is 106 cm³/mol. The monoisotopic (exact) mass is 397 g/mol. The van der Waals surface area contributed by atoms with Crippen LogP contribution in [0.2, 0.25) is 5.02 Å². The first-order valence-electron chi connectivity index (χ1n) is 9.14. The molecule has 0 aliphatic carbocycles. The molecule has 7 heteroatoms. The number of carbonyl (C=O) groups is 3. The molecule has 1 unspecified atom stereocenters. The number of hydrogen-bond acceptors (Lipinski definition) is 3. The van der Waals surface area contributed by atoms with Crippen LogP contribution >= 0.6 is 11.6 Å². The Morgan fingerprint density at radius 1 is 1.14 bits per heavy atom. The van der Waals surface area contributed by atoms with Crippen LogP contribution in [0, 0.1) is 0 Å². The summed E-state index contributed by atoms with van der Waals surface area (Å²) in [7, 11) is 0. The zero-order valence-electron chi connectivity index (χ0n) is 15.6. The lowest BCUT2D eigenvalue weighted by molar-refractivity contribution is -0.136. The van der Waals surface area contributed by atoms with Gasteiger partial charge in [0.2, 0.25) is 5.91 Å². The van der Waals surface area contributed by atoms with E-state index in [2.05, 4.69) is 5.32 Å². The molecule has 2 aromatic rings. The third kappa shape index (κ3) is 2.67.